The predicted octanol–water partition coefficient (Wildman–Crippen LogP) is 4.78. The molecule has 3 aromatic rings. The van der Waals surface area contributed by atoms with Crippen LogP contribution in [0, 0.1) is 12.7 Å². The van der Waals surface area contributed by atoms with Gasteiger partial charge in [0.25, 0.3) is 5.91 Å². The molecule has 0 radical (unpaired) electrons. The summed E-state index contributed by atoms with van der Waals surface area (Å²) in [5.74, 6) is -0.530. The minimum Gasteiger partial charge on any atom is -0.303 e. The molecule has 0 saturated carbocycles. The minimum absolute atomic E-state index is 0.191. The van der Waals surface area contributed by atoms with Crippen molar-refractivity contribution in [3.63, 3.8) is 0 Å². The van der Waals surface area contributed by atoms with E-state index in [1.807, 2.05) is 49.4 Å². The van der Waals surface area contributed by atoms with Crippen LogP contribution in [0.4, 0.5) is 10.1 Å². The van der Waals surface area contributed by atoms with Gasteiger partial charge in [-0.3, -0.25) is 9.78 Å². The number of aryl methyl sites for hydroxylation is 1. The van der Waals surface area contributed by atoms with E-state index < -0.39 is 0 Å². The van der Waals surface area contributed by atoms with E-state index in [4.69, 9.17) is 0 Å². The molecule has 26 heavy (non-hydrogen) atoms. The van der Waals surface area contributed by atoms with Gasteiger partial charge in [0.15, 0.2) is 0 Å². The zero-order valence-electron chi connectivity index (χ0n) is 14.5. The van der Waals surface area contributed by atoms with E-state index >= 15 is 0 Å². The Morgan fingerprint density at radius 3 is 2.58 bits per heavy atom. The monoisotopic (exact) mass is 346 g/mol. The number of hydrogen-bond acceptors (Lipinski definition) is 2. The van der Waals surface area contributed by atoms with Crippen LogP contribution >= 0.6 is 0 Å². The van der Waals surface area contributed by atoms with Crippen LogP contribution < -0.4 is 4.90 Å². The van der Waals surface area contributed by atoms with Crippen LogP contribution in [0.5, 0.6) is 0 Å². The van der Waals surface area contributed by atoms with Gasteiger partial charge >= 0.3 is 0 Å². The van der Waals surface area contributed by atoms with Crippen molar-refractivity contribution in [2.45, 2.75) is 13.5 Å². The topological polar surface area (TPSA) is 33.2 Å². The second kappa shape index (κ2) is 8.21. The molecule has 4 heteroatoms. The molecule has 130 valence electrons. The van der Waals surface area contributed by atoms with Gasteiger partial charge in [-0.25, -0.2) is 4.39 Å². The number of carbonyl (C=O) groups is 1. The lowest BCUT2D eigenvalue weighted by Crippen LogP contribution is -2.29. The first-order valence-electron chi connectivity index (χ1n) is 8.33. The van der Waals surface area contributed by atoms with Crippen LogP contribution in [0.3, 0.4) is 0 Å². The standard InChI is InChI=1S/C22H19FN2O/c1-17-5-4-6-18(15-17)8-13-22(26)25(16-20-7-2-3-14-24-20)21-11-9-19(23)10-12-21/h2-15H,16H2,1H3/b13-8+. The highest BCUT2D eigenvalue weighted by Gasteiger charge is 2.14. The normalized spacial score (nSPS) is 10.8. The number of pyridine rings is 1. The summed E-state index contributed by atoms with van der Waals surface area (Å²) in [6, 6.07) is 19.3. The largest absolute Gasteiger partial charge is 0.303 e. The molecule has 0 atom stereocenters. The van der Waals surface area contributed by atoms with Crippen LogP contribution in [0.1, 0.15) is 16.8 Å². The Hall–Kier alpha value is -3.27. The lowest BCUT2D eigenvalue weighted by molar-refractivity contribution is -0.114. The fraction of sp³-hybridized carbons (Fsp3) is 0.0909. The maximum absolute atomic E-state index is 13.3. The van der Waals surface area contributed by atoms with Gasteiger partial charge in [0.2, 0.25) is 0 Å². The van der Waals surface area contributed by atoms with Crippen LogP contribution in [0.15, 0.2) is 79.0 Å². The molecule has 0 saturated heterocycles. The molecule has 0 aliphatic rings. The SMILES string of the molecule is Cc1cccc(/C=C/C(=O)N(Cc2ccccn2)c2ccc(F)cc2)c1. The number of hydrogen-bond donors (Lipinski definition) is 0. The van der Waals surface area contributed by atoms with Crippen LogP contribution in [-0.4, -0.2) is 10.9 Å². The van der Waals surface area contributed by atoms with Crippen molar-refractivity contribution in [3.05, 3.63) is 102 Å². The molecule has 0 aliphatic carbocycles. The number of halogens is 1. The Bertz CT molecular complexity index is 905. The van der Waals surface area contributed by atoms with Crippen molar-refractivity contribution in [2.24, 2.45) is 0 Å². The summed E-state index contributed by atoms with van der Waals surface area (Å²) in [6.07, 6.45) is 5.00. The Balaban J connectivity index is 1.86. The summed E-state index contributed by atoms with van der Waals surface area (Å²) >= 11 is 0. The van der Waals surface area contributed by atoms with E-state index in [-0.39, 0.29) is 11.7 Å². The number of benzene rings is 2. The third kappa shape index (κ3) is 4.63. The third-order valence-corrected chi connectivity index (χ3v) is 3.91. The summed E-state index contributed by atoms with van der Waals surface area (Å²) in [5.41, 5.74) is 3.46. The number of anilines is 1. The van der Waals surface area contributed by atoms with Gasteiger partial charge in [-0.1, -0.05) is 35.9 Å². The van der Waals surface area contributed by atoms with Crippen molar-refractivity contribution in [3.8, 4) is 0 Å². The van der Waals surface area contributed by atoms with E-state index in [1.165, 1.54) is 18.2 Å². The van der Waals surface area contributed by atoms with E-state index in [2.05, 4.69) is 4.98 Å². The van der Waals surface area contributed by atoms with Gasteiger partial charge in [0.05, 0.1) is 12.2 Å². The molecule has 0 N–H and O–H groups in total. The number of carbonyl (C=O) groups excluding carboxylic acids is 1. The second-order valence-electron chi connectivity index (χ2n) is 5.97. The quantitative estimate of drug-likeness (QED) is 0.623. The molecule has 3 rings (SSSR count). The third-order valence-electron chi connectivity index (χ3n) is 3.91. The number of nitrogens with zero attached hydrogens (tertiary/aromatic N) is 2. The molecule has 0 fully saturated rings. The molecule has 2 aromatic carbocycles. The van der Waals surface area contributed by atoms with Gasteiger partial charge in [-0.05, 0) is 55.0 Å². The van der Waals surface area contributed by atoms with Crippen LogP contribution in [0.25, 0.3) is 6.08 Å². The predicted molar refractivity (Wildman–Crippen MR) is 102 cm³/mol. The Morgan fingerprint density at radius 2 is 1.88 bits per heavy atom. The highest BCUT2D eigenvalue weighted by Crippen LogP contribution is 2.18. The molecule has 0 spiro atoms. The number of amides is 1. The van der Waals surface area contributed by atoms with Gasteiger partial charge in [-0.2, -0.15) is 0 Å². The van der Waals surface area contributed by atoms with Crippen molar-refractivity contribution in [2.75, 3.05) is 4.90 Å². The first-order valence-corrected chi connectivity index (χ1v) is 8.33. The van der Waals surface area contributed by atoms with Crippen molar-refractivity contribution < 1.29 is 9.18 Å². The summed E-state index contributed by atoms with van der Waals surface area (Å²) in [5, 5.41) is 0. The molecule has 0 aliphatic heterocycles. The molecule has 3 nitrogen and oxygen atoms in total. The second-order valence-corrected chi connectivity index (χ2v) is 5.97. The van der Waals surface area contributed by atoms with E-state index in [0.29, 0.717) is 12.2 Å². The first-order chi connectivity index (χ1) is 12.6. The molecular formula is C22H19FN2O. The molecule has 1 heterocycles. The van der Waals surface area contributed by atoms with Crippen molar-refractivity contribution in [1.29, 1.82) is 0 Å². The summed E-state index contributed by atoms with van der Waals surface area (Å²) in [6.45, 7) is 2.31. The lowest BCUT2D eigenvalue weighted by Gasteiger charge is -2.21. The van der Waals surface area contributed by atoms with Gasteiger partial charge in [-0.15, -0.1) is 0 Å². The summed E-state index contributed by atoms with van der Waals surface area (Å²) in [4.78, 5) is 18.7. The molecule has 1 amide bonds. The molecule has 0 bridgehead atoms. The van der Waals surface area contributed by atoms with Gasteiger partial charge in [0, 0.05) is 18.0 Å². The highest BCUT2D eigenvalue weighted by molar-refractivity contribution is 6.03. The van der Waals surface area contributed by atoms with Gasteiger partial charge < -0.3 is 4.90 Å². The average Bonchev–Trinajstić information content (AvgIpc) is 2.66. The maximum Gasteiger partial charge on any atom is 0.251 e. The smallest absolute Gasteiger partial charge is 0.251 e. The molecule has 0 unspecified atom stereocenters. The minimum atomic E-state index is -0.339. The number of aromatic nitrogens is 1. The van der Waals surface area contributed by atoms with Crippen LogP contribution in [-0.2, 0) is 11.3 Å². The molecule has 1 aromatic heterocycles. The summed E-state index contributed by atoms with van der Waals surface area (Å²) < 4.78 is 13.3. The zero-order chi connectivity index (χ0) is 18.4. The Kier molecular flexibility index (Phi) is 5.54. The fourth-order valence-electron chi connectivity index (χ4n) is 2.60. The van der Waals surface area contributed by atoms with Gasteiger partial charge in [0.1, 0.15) is 5.82 Å². The maximum atomic E-state index is 13.3. The zero-order valence-corrected chi connectivity index (χ0v) is 14.5. The summed E-state index contributed by atoms with van der Waals surface area (Å²) in [7, 11) is 0. The Morgan fingerprint density at radius 1 is 1.08 bits per heavy atom. The van der Waals surface area contributed by atoms with Crippen molar-refractivity contribution in [1.82, 2.24) is 4.98 Å². The average molecular weight is 346 g/mol. The highest BCUT2D eigenvalue weighted by atomic mass is 19.1. The fourth-order valence-corrected chi connectivity index (χ4v) is 2.60. The van der Waals surface area contributed by atoms with Crippen LogP contribution in [0.2, 0.25) is 0 Å². The van der Waals surface area contributed by atoms with E-state index in [0.717, 1.165) is 16.8 Å². The first kappa shape index (κ1) is 17.5. The van der Waals surface area contributed by atoms with E-state index in [1.54, 1.807) is 29.3 Å². The number of rotatable bonds is 5. The Labute approximate surface area is 152 Å². The van der Waals surface area contributed by atoms with E-state index in [9.17, 15) is 9.18 Å². The molecular weight excluding hydrogens is 327 g/mol. The van der Waals surface area contributed by atoms with Crippen molar-refractivity contribution >= 4 is 17.7 Å². The lowest BCUT2D eigenvalue weighted by atomic mass is 10.1.